The van der Waals surface area contributed by atoms with Gasteiger partial charge in [0.25, 0.3) is 0 Å². The van der Waals surface area contributed by atoms with Crippen LogP contribution >= 0.6 is 11.8 Å². The summed E-state index contributed by atoms with van der Waals surface area (Å²) < 4.78 is 1.98. The molecule has 21 heavy (non-hydrogen) atoms. The summed E-state index contributed by atoms with van der Waals surface area (Å²) in [5.74, 6) is 0.776. The molecule has 108 valence electrons. The van der Waals surface area contributed by atoms with Gasteiger partial charge in [-0.05, 0) is 42.7 Å². The lowest BCUT2D eigenvalue weighted by molar-refractivity contribution is 0.822. The van der Waals surface area contributed by atoms with Crippen LogP contribution in [0.5, 0.6) is 0 Å². The van der Waals surface area contributed by atoms with Gasteiger partial charge in [-0.25, -0.2) is 0 Å². The second-order valence-corrected chi connectivity index (χ2v) is 6.16. The van der Waals surface area contributed by atoms with Gasteiger partial charge in [-0.15, -0.1) is 10.2 Å². The number of rotatable bonds is 4. The molecule has 5 heteroatoms. The Kier molecular flexibility index (Phi) is 3.94. The molecule has 4 nitrogen and oxygen atoms in total. The van der Waals surface area contributed by atoms with Crippen molar-refractivity contribution >= 4 is 17.4 Å². The summed E-state index contributed by atoms with van der Waals surface area (Å²) in [6, 6.07) is 12.3. The summed E-state index contributed by atoms with van der Waals surface area (Å²) in [5, 5.41) is 9.24. The summed E-state index contributed by atoms with van der Waals surface area (Å²) in [4.78, 5) is 0. The van der Waals surface area contributed by atoms with Crippen LogP contribution in [0.15, 0.2) is 47.8 Å². The van der Waals surface area contributed by atoms with Crippen molar-refractivity contribution in [1.29, 1.82) is 0 Å². The van der Waals surface area contributed by atoms with E-state index < -0.39 is 0 Å². The third-order valence-corrected chi connectivity index (χ3v) is 4.70. The fourth-order valence-corrected chi connectivity index (χ4v) is 3.09. The van der Waals surface area contributed by atoms with Gasteiger partial charge in [0.05, 0.1) is 0 Å². The molecule has 0 saturated heterocycles. The van der Waals surface area contributed by atoms with E-state index in [1.165, 1.54) is 16.7 Å². The number of pyridine rings is 1. The topological polar surface area (TPSA) is 56.2 Å². The highest BCUT2D eigenvalue weighted by Crippen LogP contribution is 2.23. The quantitative estimate of drug-likeness (QED) is 0.752. The maximum absolute atomic E-state index is 6.30. The number of hydrogen-bond acceptors (Lipinski definition) is 4. The lowest BCUT2D eigenvalue weighted by atomic mass is 10.0. The highest BCUT2D eigenvalue weighted by atomic mass is 32.2. The van der Waals surface area contributed by atoms with Crippen LogP contribution in [0.25, 0.3) is 5.65 Å². The Labute approximate surface area is 128 Å². The van der Waals surface area contributed by atoms with E-state index in [0.29, 0.717) is 0 Å². The molecule has 1 aromatic carbocycles. The minimum Gasteiger partial charge on any atom is -0.323 e. The second-order valence-electron chi connectivity index (χ2n) is 5.17. The zero-order valence-corrected chi connectivity index (χ0v) is 13.0. The average molecular weight is 298 g/mol. The minimum atomic E-state index is -0.00892. The zero-order valence-electron chi connectivity index (χ0n) is 12.2. The van der Waals surface area contributed by atoms with Gasteiger partial charge in [0, 0.05) is 18.0 Å². The number of benzene rings is 1. The Morgan fingerprint density at radius 3 is 2.81 bits per heavy atom. The molecule has 3 aromatic rings. The standard InChI is InChI=1S/C16H18N4S/c1-11-6-7-13(9-12(11)2)14(17)10-21-16-19-18-15-5-3-4-8-20(15)16/h3-9,14H,10,17H2,1-2H3. The van der Waals surface area contributed by atoms with Crippen molar-refractivity contribution in [3.05, 3.63) is 59.3 Å². The van der Waals surface area contributed by atoms with Crippen LogP contribution in [0.1, 0.15) is 22.7 Å². The van der Waals surface area contributed by atoms with Gasteiger partial charge in [-0.2, -0.15) is 0 Å². The molecule has 1 atom stereocenters. The maximum Gasteiger partial charge on any atom is 0.195 e. The first-order valence-electron chi connectivity index (χ1n) is 6.90. The lowest BCUT2D eigenvalue weighted by Gasteiger charge is -2.12. The Morgan fingerprint density at radius 1 is 1.14 bits per heavy atom. The third kappa shape index (κ3) is 2.94. The van der Waals surface area contributed by atoms with E-state index in [1.807, 2.05) is 28.8 Å². The predicted molar refractivity (Wildman–Crippen MR) is 86.6 cm³/mol. The van der Waals surface area contributed by atoms with E-state index >= 15 is 0 Å². The molecule has 2 heterocycles. The van der Waals surface area contributed by atoms with Crippen molar-refractivity contribution in [3.63, 3.8) is 0 Å². The molecular formula is C16H18N4S. The average Bonchev–Trinajstić information content (AvgIpc) is 2.91. The number of nitrogens with two attached hydrogens (primary N) is 1. The smallest absolute Gasteiger partial charge is 0.195 e. The predicted octanol–water partition coefficient (Wildman–Crippen LogP) is 3.14. The molecule has 0 spiro atoms. The Hall–Kier alpha value is -1.85. The van der Waals surface area contributed by atoms with Crippen molar-refractivity contribution in [3.8, 4) is 0 Å². The van der Waals surface area contributed by atoms with Crippen LogP contribution in [0.4, 0.5) is 0 Å². The van der Waals surface area contributed by atoms with E-state index in [0.717, 1.165) is 16.6 Å². The van der Waals surface area contributed by atoms with Crippen LogP contribution in [0.3, 0.4) is 0 Å². The van der Waals surface area contributed by atoms with Crippen molar-refractivity contribution in [2.75, 3.05) is 5.75 Å². The minimum absolute atomic E-state index is 0.00892. The number of aryl methyl sites for hydroxylation is 2. The summed E-state index contributed by atoms with van der Waals surface area (Å²) >= 11 is 1.63. The molecular weight excluding hydrogens is 280 g/mol. The zero-order chi connectivity index (χ0) is 14.8. The monoisotopic (exact) mass is 298 g/mol. The number of fused-ring (bicyclic) bond motifs is 1. The lowest BCUT2D eigenvalue weighted by Crippen LogP contribution is -2.13. The highest BCUT2D eigenvalue weighted by molar-refractivity contribution is 7.99. The maximum atomic E-state index is 6.30. The van der Waals surface area contributed by atoms with Gasteiger partial charge in [0.2, 0.25) is 0 Å². The van der Waals surface area contributed by atoms with E-state index in [2.05, 4.69) is 42.2 Å². The summed E-state index contributed by atoms with van der Waals surface area (Å²) in [6.45, 7) is 4.23. The molecule has 0 aliphatic heterocycles. The van der Waals surface area contributed by atoms with E-state index in [9.17, 15) is 0 Å². The van der Waals surface area contributed by atoms with Gasteiger partial charge in [0.1, 0.15) is 0 Å². The fraction of sp³-hybridized carbons (Fsp3) is 0.250. The van der Waals surface area contributed by atoms with Crippen molar-refractivity contribution < 1.29 is 0 Å². The van der Waals surface area contributed by atoms with Gasteiger partial charge < -0.3 is 5.73 Å². The molecule has 1 unspecified atom stereocenters. The van der Waals surface area contributed by atoms with Crippen LogP contribution in [0, 0.1) is 13.8 Å². The molecule has 0 saturated carbocycles. The van der Waals surface area contributed by atoms with Crippen LogP contribution in [-0.2, 0) is 0 Å². The van der Waals surface area contributed by atoms with E-state index in [-0.39, 0.29) is 6.04 Å². The second kappa shape index (κ2) is 5.87. The number of aromatic nitrogens is 3. The Morgan fingerprint density at radius 2 is 2.00 bits per heavy atom. The van der Waals surface area contributed by atoms with E-state index in [4.69, 9.17) is 5.73 Å². The van der Waals surface area contributed by atoms with Crippen molar-refractivity contribution in [1.82, 2.24) is 14.6 Å². The molecule has 0 fully saturated rings. The van der Waals surface area contributed by atoms with Crippen molar-refractivity contribution in [2.24, 2.45) is 5.73 Å². The molecule has 0 bridgehead atoms. The normalized spacial score (nSPS) is 12.7. The fourth-order valence-electron chi connectivity index (χ4n) is 2.17. The molecule has 0 aliphatic carbocycles. The summed E-state index contributed by atoms with van der Waals surface area (Å²) in [6.07, 6.45) is 1.97. The van der Waals surface area contributed by atoms with E-state index in [1.54, 1.807) is 11.8 Å². The molecule has 0 amide bonds. The first-order chi connectivity index (χ1) is 10.1. The van der Waals surface area contributed by atoms with Crippen molar-refractivity contribution in [2.45, 2.75) is 25.0 Å². The Bertz CT molecular complexity index is 766. The third-order valence-electron chi connectivity index (χ3n) is 3.63. The number of nitrogens with zero attached hydrogens (tertiary/aromatic N) is 3. The van der Waals surface area contributed by atoms with Gasteiger partial charge in [-0.1, -0.05) is 36.0 Å². The number of hydrogen-bond donors (Lipinski definition) is 1. The van der Waals surface area contributed by atoms with Gasteiger partial charge in [0.15, 0.2) is 10.8 Å². The molecule has 2 aromatic heterocycles. The molecule has 2 N–H and O–H groups in total. The molecule has 3 rings (SSSR count). The SMILES string of the molecule is Cc1ccc(C(N)CSc2nnc3ccccn23)cc1C. The van der Waals surface area contributed by atoms with Crippen LogP contribution in [-0.4, -0.2) is 20.4 Å². The van der Waals surface area contributed by atoms with Crippen LogP contribution < -0.4 is 5.73 Å². The first kappa shape index (κ1) is 14.1. The summed E-state index contributed by atoms with van der Waals surface area (Å²) in [7, 11) is 0. The molecule has 0 aliphatic rings. The first-order valence-corrected chi connectivity index (χ1v) is 7.89. The van der Waals surface area contributed by atoms with Gasteiger partial charge >= 0.3 is 0 Å². The highest BCUT2D eigenvalue weighted by Gasteiger charge is 2.11. The largest absolute Gasteiger partial charge is 0.323 e. The van der Waals surface area contributed by atoms with Gasteiger partial charge in [-0.3, -0.25) is 4.40 Å². The Balaban J connectivity index is 1.73. The summed E-state index contributed by atoms with van der Waals surface area (Å²) in [5.41, 5.74) is 10.9. The number of thioether (sulfide) groups is 1. The van der Waals surface area contributed by atoms with Crippen LogP contribution in [0.2, 0.25) is 0 Å². The molecule has 0 radical (unpaired) electrons.